The molecule has 0 bridgehead atoms. The second-order valence-corrected chi connectivity index (χ2v) is 7.63. The summed E-state index contributed by atoms with van der Waals surface area (Å²) in [6.45, 7) is 2.11. The molecule has 1 N–H and O–H groups in total. The molecule has 5 heteroatoms. The SMILES string of the molecule is CN1CCN=C1[C@@H](CC(=O)O)c1ccc(OCc2ccc3c(c2)CCC3)cc1. The van der Waals surface area contributed by atoms with Gasteiger partial charge >= 0.3 is 5.97 Å². The highest BCUT2D eigenvalue weighted by molar-refractivity contribution is 5.93. The van der Waals surface area contributed by atoms with Gasteiger partial charge in [0, 0.05) is 13.6 Å². The normalized spacial score (nSPS) is 16.6. The second kappa shape index (κ2) is 8.05. The lowest BCUT2D eigenvalue weighted by molar-refractivity contribution is -0.137. The maximum Gasteiger partial charge on any atom is 0.304 e. The first kappa shape index (κ1) is 18.5. The molecule has 0 radical (unpaired) electrons. The molecule has 0 spiro atoms. The first-order chi connectivity index (χ1) is 13.6. The maximum absolute atomic E-state index is 11.4. The Morgan fingerprint density at radius 2 is 1.96 bits per heavy atom. The zero-order chi connectivity index (χ0) is 19.5. The third-order valence-electron chi connectivity index (χ3n) is 5.64. The van der Waals surface area contributed by atoms with Crippen LogP contribution in [0.25, 0.3) is 0 Å². The van der Waals surface area contributed by atoms with Gasteiger partial charge in [-0.25, -0.2) is 0 Å². The number of carboxylic acids is 1. The molecule has 0 aromatic heterocycles. The molecule has 28 heavy (non-hydrogen) atoms. The van der Waals surface area contributed by atoms with Crippen molar-refractivity contribution in [1.29, 1.82) is 0 Å². The zero-order valence-electron chi connectivity index (χ0n) is 16.2. The predicted molar refractivity (Wildman–Crippen MR) is 109 cm³/mol. The largest absolute Gasteiger partial charge is 0.489 e. The number of carbonyl (C=O) groups is 1. The van der Waals surface area contributed by atoms with Crippen molar-refractivity contribution in [1.82, 2.24) is 4.90 Å². The number of aliphatic carboxylic acids is 1. The van der Waals surface area contributed by atoms with E-state index in [4.69, 9.17) is 4.74 Å². The van der Waals surface area contributed by atoms with Gasteiger partial charge in [-0.15, -0.1) is 0 Å². The maximum atomic E-state index is 11.4. The summed E-state index contributed by atoms with van der Waals surface area (Å²) in [5.41, 5.74) is 5.07. The van der Waals surface area contributed by atoms with Crippen molar-refractivity contribution < 1.29 is 14.6 Å². The molecule has 1 atom stereocenters. The van der Waals surface area contributed by atoms with E-state index in [9.17, 15) is 9.90 Å². The fourth-order valence-electron chi connectivity index (χ4n) is 4.14. The summed E-state index contributed by atoms with van der Waals surface area (Å²) in [6, 6.07) is 14.4. The number of rotatable bonds is 7. The van der Waals surface area contributed by atoms with Crippen LogP contribution >= 0.6 is 0 Å². The molecule has 5 nitrogen and oxygen atoms in total. The van der Waals surface area contributed by atoms with E-state index in [0.29, 0.717) is 6.61 Å². The van der Waals surface area contributed by atoms with Gasteiger partial charge in [0.05, 0.1) is 18.9 Å². The van der Waals surface area contributed by atoms with Crippen molar-refractivity contribution in [3.05, 3.63) is 64.7 Å². The van der Waals surface area contributed by atoms with Crippen LogP contribution in [0.3, 0.4) is 0 Å². The number of hydrogen-bond donors (Lipinski definition) is 1. The van der Waals surface area contributed by atoms with Crippen molar-refractivity contribution in [2.45, 2.75) is 38.2 Å². The molecule has 2 aromatic carbocycles. The van der Waals surface area contributed by atoms with E-state index >= 15 is 0 Å². The molecule has 0 amide bonds. The number of benzene rings is 2. The summed E-state index contributed by atoms with van der Waals surface area (Å²) >= 11 is 0. The molecule has 2 aliphatic rings. The van der Waals surface area contributed by atoms with Gasteiger partial charge in [-0.05, 0) is 53.6 Å². The highest BCUT2D eigenvalue weighted by atomic mass is 16.5. The van der Waals surface area contributed by atoms with Crippen LogP contribution in [0.2, 0.25) is 0 Å². The van der Waals surface area contributed by atoms with Crippen LogP contribution in [0.1, 0.15) is 41.0 Å². The molecule has 1 heterocycles. The number of aryl methyl sites for hydroxylation is 2. The van der Waals surface area contributed by atoms with Crippen LogP contribution < -0.4 is 4.74 Å². The minimum Gasteiger partial charge on any atom is -0.489 e. The van der Waals surface area contributed by atoms with Gasteiger partial charge in [-0.1, -0.05) is 30.3 Å². The summed E-state index contributed by atoms with van der Waals surface area (Å²) < 4.78 is 5.96. The van der Waals surface area contributed by atoms with Crippen LogP contribution in [0.5, 0.6) is 5.75 Å². The Bertz CT molecular complexity index is 889. The van der Waals surface area contributed by atoms with Crippen molar-refractivity contribution >= 4 is 11.8 Å². The summed E-state index contributed by atoms with van der Waals surface area (Å²) in [6.07, 6.45) is 3.65. The molecule has 2 aromatic rings. The molecular weight excluding hydrogens is 352 g/mol. The summed E-state index contributed by atoms with van der Waals surface area (Å²) in [5.74, 6) is 0.606. The predicted octanol–water partition coefficient (Wildman–Crippen LogP) is 3.66. The fraction of sp³-hybridized carbons (Fsp3) is 0.391. The lowest BCUT2D eigenvalue weighted by Crippen LogP contribution is -2.29. The Kier molecular flexibility index (Phi) is 5.33. The Hall–Kier alpha value is -2.82. The number of hydrogen-bond acceptors (Lipinski definition) is 4. The summed E-state index contributed by atoms with van der Waals surface area (Å²) in [7, 11) is 1.97. The van der Waals surface area contributed by atoms with Crippen LogP contribution in [0, 0.1) is 0 Å². The van der Waals surface area contributed by atoms with Crippen LogP contribution in [-0.4, -0.2) is 41.9 Å². The average molecular weight is 378 g/mol. The minimum atomic E-state index is -0.815. The molecule has 1 aliphatic heterocycles. The molecule has 4 rings (SSSR count). The van der Waals surface area contributed by atoms with Gasteiger partial charge in [0.1, 0.15) is 18.2 Å². The Morgan fingerprint density at radius 3 is 2.68 bits per heavy atom. The lowest BCUT2D eigenvalue weighted by atomic mass is 9.94. The number of likely N-dealkylation sites (N-methyl/N-ethyl adjacent to an activating group) is 1. The number of aliphatic imine (C=N–C) groups is 1. The quantitative estimate of drug-likeness (QED) is 0.799. The number of ether oxygens (including phenoxy) is 1. The molecule has 1 aliphatic carbocycles. The third kappa shape index (κ3) is 4.03. The van der Waals surface area contributed by atoms with Crippen molar-refractivity contribution in [2.24, 2.45) is 4.99 Å². The average Bonchev–Trinajstić information content (AvgIpc) is 3.33. The lowest BCUT2D eigenvalue weighted by Gasteiger charge is -2.22. The third-order valence-corrected chi connectivity index (χ3v) is 5.64. The number of nitrogens with zero attached hydrogens (tertiary/aromatic N) is 2. The molecule has 0 unspecified atom stereocenters. The first-order valence-electron chi connectivity index (χ1n) is 9.91. The van der Waals surface area contributed by atoms with Gasteiger partial charge in [-0.2, -0.15) is 0 Å². The Balaban J connectivity index is 1.44. The molecule has 0 saturated carbocycles. The highest BCUT2D eigenvalue weighted by Gasteiger charge is 2.26. The second-order valence-electron chi connectivity index (χ2n) is 7.63. The summed E-state index contributed by atoms with van der Waals surface area (Å²) in [5, 5.41) is 9.33. The van der Waals surface area contributed by atoms with Crippen molar-refractivity contribution in [2.75, 3.05) is 20.1 Å². The molecular formula is C23H26N2O3. The fourth-order valence-corrected chi connectivity index (χ4v) is 4.14. The van der Waals surface area contributed by atoms with E-state index in [1.54, 1.807) is 0 Å². The van der Waals surface area contributed by atoms with E-state index in [-0.39, 0.29) is 12.3 Å². The van der Waals surface area contributed by atoms with E-state index in [1.165, 1.54) is 36.0 Å². The smallest absolute Gasteiger partial charge is 0.304 e. The van der Waals surface area contributed by atoms with E-state index in [2.05, 4.69) is 23.2 Å². The van der Waals surface area contributed by atoms with Gasteiger partial charge in [-0.3, -0.25) is 9.79 Å². The van der Waals surface area contributed by atoms with Gasteiger partial charge in [0.2, 0.25) is 0 Å². The van der Waals surface area contributed by atoms with Crippen LogP contribution in [0.15, 0.2) is 47.5 Å². The van der Waals surface area contributed by atoms with Gasteiger partial charge in [0.15, 0.2) is 0 Å². The summed E-state index contributed by atoms with van der Waals surface area (Å²) in [4.78, 5) is 17.9. The van der Waals surface area contributed by atoms with Gasteiger partial charge < -0.3 is 14.7 Å². The minimum absolute atomic E-state index is 0.0402. The molecule has 146 valence electrons. The number of fused-ring (bicyclic) bond motifs is 1. The number of amidine groups is 1. The van der Waals surface area contributed by atoms with E-state index in [0.717, 1.165) is 30.2 Å². The Labute approximate surface area is 165 Å². The van der Waals surface area contributed by atoms with E-state index in [1.807, 2.05) is 36.2 Å². The standard InChI is InChI=1S/C23H26N2O3/c1-25-12-11-24-23(25)21(14-22(26)27)18-7-9-20(10-8-18)28-15-16-5-6-17-3-2-4-19(17)13-16/h5-10,13,21H,2-4,11-12,14-15H2,1H3,(H,26,27)/t21-/m0/s1. The monoisotopic (exact) mass is 378 g/mol. The van der Waals surface area contributed by atoms with Crippen molar-refractivity contribution in [3.8, 4) is 5.75 Å². The van der Waals surface area contributed by atoms with Crippen LogP contribution in [-0.2, 0) is 24.2 Å². The number of carboxylic acid groups (broad SMARTS) is 1. The van der Waals surface area contributed by atoms with E-state index < -0.39 is 5.97 Å². The van der Waals surface area contributed by atoms with Gasteiger partial charge in [0.25, 0.3) is 0 Å². The highest BCUT2D eigenvalue weighted by Crippen LogP contribution is 2.28. The topological polar surface area (TPSA) is 62.1 Å². The Morgan fingerprint density at radius 1 is 1.18 bits per heavy atom. The zero-order valence-corrected chi connectivity index (χ0v) is 16.2. The van der Waals surface area contributed by atoms with Crippen molar-refractivity contribution in [3.63, 3.8) is 0 Å². The molecule has 0 fully saturated rings. The molecule has 0 saturated heterocycles. The first-order valence-corrected chi connectivity index (χ1v) is 9.91. The van der Waals surface area contributed by atoms with Crippen LogP contribution in [0.4, 0.5) is 0 Å².